The molecule has 0 unspecified atom stereocenters. The van der Waals surface area contributed by atoms with Crippen LogP contribution in [-0.4, -0.2) is 41.2 Å². The Morgan fingerprint density at radius 1 is 1.46 bits per heavy atom. The highest BCUT2D eigenvalue weighted by Crippen LogP contribution is 2.36. The Balaban J connectivity index is 1.72. The maximum atomic E-state index is 12.8. The van der Waals surface area contributed by atoms with Gasteiger partial charge in [-0.3, -0.25) is 4.79 Å². The van der Waals surface area contributed by atoms with Gasteiger partial charge in [-0.1, -0.05) is 17.3 Å². The largest absolute Gasteiger partial charge is 0.493 e. The number of methoxy groups -OCH3 is 1. The molecule has 128 valence electrons. The van der Waals surface area contributed by atoms with E-state index in [1.807, 2.05) is 25.1 Å². The van der Waals surface area contributed by atoms with E-state index in [0.717, 1.165) is 11.3 Å². The van der Waals surface area contributed by atoms with Gasteiger partial charge in [-0.15, -0.1) is 0 Å². The Hall–Kier alpha value is -2.57. The predicted octanol–water partition coefficient (Wildman–Crippen LogP) is 1.99. The maximum Gasteiger partial charge on any atom is 0.246 e. The second-order valence-electron chi connectivity index (χ2n) is 5.75. The van der Waals surface area contributed by atoms with Crippen molar-refractivity contribution in [3.8, 4) is 11.5 Å². The molecule has 24 heavy (non-hydrogen) atoms. The Labute approximate surface area is 140 Å². The molecule has 1 atom stereocenters. The highest BCUT2D eigenvalue weighted by molar-refractivity contribution is 5.79. The number of hydrogen-bond donors (Lipinski definition) is 0. The number of hydrogen-bond acceptors (Lipinski definition) is 6. The lowest BCUT2D eigenvalue weighted by atomic mass is 9.95. The second-order valence-corrected chi connectivity index (χ2v) is 5.75. The van der Waals surface area contributed by atoms with Gasteiger partial charge >= 0.3 is 0 Å². The molecule has 1 aromatic heterocycles. The van der Waals surface area contributed by atoms with Crippen molar-refractivity contribution >= 4 is 5.91 Å². The molecule has 2 aromatic rings. The average Bonchev–Trinajstić information content (AvgIpc) is 3.03. The van der Waals surface area contributed by atoms with Crippen molar-refractivity contribution in [1.29, 1.82) is 0 Å². The fourth-order valence-electron chi connectivity index (χ4n) is 2.88. The van der Waals surface area contributed by atoms with Crippen LogP contribution in [0.3, 0.4) is 0 Å². The number of nitrogens with zero attached hydrogens (tertiary/aromatic N) is 3. The van der Waals surface area contributed by atoms with E-state index in [-0.39, 0.29) is 11.8 Å². The van der Waals surface area contributed by atoms with Gasteiger partial charge in [0.2, 0.25) is 11.8 Å². The minimum Gasteiger partial charge on any atom is -0.493 e. The third kappa shape index (κ3) is 3.20. The summed E-state index contributed by atoms with van der Waals surface area (Å²) in [7, 11) is 1.61. The zero-order valence-electron chi connectivity index (χ0n) is 14.1. The van der Waals surface area contributed by atoms with E-state index in [2.05, 4.69) is 10.1 Å². The summed E-state index contributed by atoms with van der Waals surface area (Å²) in [5.41, 5.74) is 0.989. The third-order valence-corrected chi connectivity index (χ3v) is 4.11. The molecule has 0 aliphatic carbocycles. The standard InChI is InChI=1S/C17H21N3O4/c1-4-20(9-15-18-11(2)19-24-15)17(21)13-8-12-6-5-7-14(22-3)16(12)23-10-13/h5-7,13H,4,8-10H2,1-3H3/t13-/m0/s1. The van der Waals surface area contributed by atoms with E-state index in [1.54, 1.807) is 18.9 Å². The quantitative estimate of drug-likeness (QED) is 0.834. The molecule has 7 heteroatoms. The van der Waals surface area contributed by atoms with Crippen LogP contribution in [0.25, 0.3) is 0 Å². The molecule has 0 fully saturated rings. The summed E-state index contributed by atoms with van der Waals surface area (Å²) in [5.74, 6) is 2.25. The average molecular weight is 331 g/mol. The number of para-hydroxylation sites is 1. The Kier molecular flexibility index (Phi) is 4.69. The number of rotatable bonds is 5. The van der Waals surface area contributed by atoms with Crippen LogP contribution < -0.4 is 9.47 Å². The summed E-state index contributed by atoms with van der Waals surface area (Å²) in [5, 5.41) is 3.76. The maximum absolute atomic E-state index is 12.8. The number of aryl methyl sites for hydroxylation is 1. The fourth-order valence-corrected chi connectivity index (χ4v) is 2.88. The van der Waals surface area contributed by atoms with Crippen molar-refractivity contribution < 1.29 is 18.8 Å². The molecule has 0 N–H and O–H groups in total. The first-order valence-electron chi connectivity index (χ1n) is 7.99. The van der Waals surface area contributed by atoms with Crippen molar-refractivity contribution in [2.75, 3.05) is 20.3 Å². The van der Waals surface area contributed by atoms with E-state index in [4.69, 9.17) is 14.0 Å². The van der Waals surface area contributed by atoms with Crippen LogP contribution in [0.1, 0.15) is 24.2 Å². The number of benzene rings is 1. The van der Waals surface area contributed by atoms with E-state index >= 15 is 0 Å². The topological polar surface area (TPSA) is 77.7 Å². The summed E-state index contributed by atoms with van der Waals surface area (Å²) in [6, 6.07) is 5.73. The van der Waals surface area contributed by atoms with Gasteiger partial charge in [-0.2, -0.15) is 4.98 Å². The zero-order valence-corrected chi connectivity index (χ0v) is 14.1. The number of carbonyl (C=O) groups excluding carboxylic acids is 1. The van der Waals surface area contributed by atoms with Crippen molar-refractivity contribution in [2.24, 2.45) is 5.92 Å². The Morgan fingerprint density at radius 2 is 2.29 bits per heavy atom. The molecule has 2 heterocycles. The van der Waals surface area contributed by atoms with Crippen LogP contribution in [-0.2, 0) is 17.8 Å². The zero-order chi connectivity index (χ0) is 17.1. The summed E-state index contributed by atoms with van der Waals surface area (Å²) >= 11 is 0. The molecule has 0 saturated heterocycles. The van der Waals surface area contributed by atoms with E-state index in [1.165, 1.54) is 0 Å². The molecule has 0 bridgehead atoms. The van der Waals surface area contributed by atoms with Gasteiger partial charge in [-0.05, 0) is 31.9 Å². The van der Waals surface area contributed by atoms with Crippen LogP contribution in [0, 0.1) is 12.8 Å². The first-order chi connectivity index (χ1) is 11.6. The minimum absolute atomic E-state index is 0.0295. The first kappa shape index (κ1) is 16.3. The molecule has 1 aliphatic heterocycles. The van der Waals surface area contributed by atoms with Gasteiger partial charge in [-0.25, -0.2) is 0 Å². The van der Waals surface area contributed by atoms with Crippen molar-refractivity contribution in [1.82, 2.24) is 15.0 Å². The summed E-state index contributed by atoms with van der Waals surface area (Å²) in [6.45, 7) is 4.91. The van der Waals surface area contributed by atoms with Gasteiger partial charge in [0.05, 0.1) is 19.6 Å². The summed E-state index contributed by atoms with van der Waals surface area (Å²) in [6.07, 6.45) is 0.630. The highest BCUT2D eigenvalue weighted by atomic mass is 16.5. The van der Waals surface area contributed by atoms with Crippen molar-refractivity contribution in [3.05, 3.63) is 35.5 Å². The van der Waals surface area contributed by atoms with Crippen LogP contribution in [0.15, 0.2) is 22.7 Å². The number of aromatic nitrogens is 2. The minimum atomic E-state index is -0.228. The van der Waals surface area contributed by atoms with Crippen molar-refractivity contribution in [3.63, 3.8) is 0 Å². The lowest BCUT2D eigenvalue weighted by Crippen LogP contribution is -2.40. The number of ether oxygens (including phenoxy) is 2. The van der Waals surface area contributed by atoms with Crippen LogP contribution in [0.2, 0.25) is 0 Å². The molecular weight excluding hydrogens is 310 g/mol. The molecule has 0 saturated carbocycles. The lowest BCUT2D eigenvalue weighted by molar-refractivity contribution is -0.137. The van der Waals surface area contributed by atoms with Crippen molar-refractivity contribution in [2.45, 2.75) is 26.8 Å². The normalized spacial score (nSPS) is 16.2. The predicted molar refractivity (Wildman–Crippen MR) is 85.8 cm³/mol. The Morgan fingerprint density at radius 3 is 2.96 bits per heavy atom. The highest BCUT2D eigenvalue weighted by Gasteiger charge is 2.31. The molecule has 7 nitrogen and oxygen atoms in total. The van der Waals surface area contributed by atoms with Crippen LogP contribution >= 0.6 is 0 Å². The molecule has 1 aliphatic rings. The molecular formula is C17H21N3O4. The smallest absolute Gasteiger partial charge is 0.246 e. The van der Waals surface area contributed by atoms with E-state index < -0.39 is 0 Å². The third-order valence-electron chi connectivity index (χ3n) is 4.11. The number of amides is 1. The van der Waals surface area contributed by atoms with E-state index in [0.29, 0.717) is 43.6 Å². The number of carbonyl (C=O) groups is 1. The lowest BCUT2D eigenvalue weighted by Gasteiger charge is -2.29. The molecule has 0 radical (unpaired) electrons. The molecule has 1 aromatic carbocycles. The van der Waals surface area contributed by atoms with Gasteiger partial charge in [0.15, 0.2) is 17.3 Å². The van der Waals surface area contributed by atoms with Gasteiger partial charge < -0.3 is 18.9 Å². The van der Waals surface area contributed by atoms with Gasteiger partial charge in [0, 0.05) is 6.54 Å². The molecule has 1 amide bonds. The van der Waals surface area contributed by atoms with Crippen LogP contribution in [0.5, 0.6) is 11.5 Å². The monoisotopic (exact) mass is 331 g/mol. The second kappa shape index (κ2) is 6.90. The first-order valence-corrected chi connectivity index (χ1v) is 7.99. The fraction of sp³-hybridized carbons (Fsp3) is 0.471. The number of fused-ring (bicyclic) bond motifs is 1. The Bertz CT molecular complexity index is 728. The van der Waals surface area contributed by atoms with Gasteiger partial charge in [0.1, 0.15) is 6.61 Å². The summed E-state index contributed by atoms with van der Waals surface area (Å²) in [4.78, 5) is 18.7. The molecule has 0 spiro atoms. The van der Waals surface area contributed by atoms with Crippen LogP contribution in [0.4, 0.5) is 0 Å². The van der Waals surface area contributed by atoms with Gasteiger partial charge in [0.25, 0.3) is 0 Å². The molecule has 3 rings (SSSR count). The van der Waals surface area contributed by atoms with E-state index in [9.17, 15) is 4.79 Å². The summed E-state index contributed by atoms with van der Waals surface area (Å²) < 4.78 is 16.2. The SMILES string of the molecule is CCN(Cc1nc(C)no1)C(=O)[C@@H]1COc2c(cccc2OC)C1.